The van der Waals surface area contributed by atoms with Crippen LogP contribution >= 0.6 is 0 Å². The summed E-state index contributed by atoms with van der Waals surface area (Å²) in [5.41, 5.74) is 4.14. The fourth-order valence-corrected chi connectivity index (χ4v) is 3.93. The maximum atomic E-state index is 2.49. The molecule has 0 aliphatic rings. The first kappa shape index (κ1) is 21.5. The summed E-state index contributed by atoms with van der Waals surface area (Å²) in [6.45, 7) is 27.9. The number of hydrogen-bond acceptors (Lipinski definition) is 0. The van der Waals surface area contributed by atoms with Crippen molar-refractivity contribution < 1.29 is 0 Å². The summed E-state index contributed by atoms with van der Waals surface area (Å²) < 4.78 is 0. The first-order valence-electron chi connectivity index (χ1n) is 8.89. The summed E-state index contributed by atoms with van der Waals surface area (Å²) >= 11 is 0. The molecular formula is C22H42. The monoisotopic (exact) mass is 306 g/mol. The Kier molecular flexibility index (Phi) is 6.77. The lowest BCUT2D eigenvalue weighted by atomic mass is 9.70. The van der Waals surface area contributed by atoms with Crippen molar-refractivity contribution in [2.24, 2.45) is 21.7 Å². The van der Waals surface area contributed by atoms with Crippen molar-refractivity contribution in [2.45, 2.75) is 95.9 Å². The maximum absolute atomic E-state index is 2.49. The standard InChI is InChI=1S/C22H42/c1-19(2,3)17(20(4,5)6)15-13-14-16-18(21(7,8)9)22(10,11)12/h15-16H,13-14H2,1-12H3. The summed E-state index contributed by atoms with van der Waals surface area (Å²) in [6, 6.07) is 0. The molecule has 0 radical (unpaired) electrons. The summed E-state index contributed by atoms with van der Waals surface area (Å²) in [5, 5.41) is 0. The first-order valence-corrected chi connectivity index (χ1v) is 8.89. The zero-order chi connectivity index (χ0) is 18.0. The summed E-state index contributed by atoms with van der Waals surface area (Å²) in [6.07, 6.45) is 7.25. The van der Waals surface area contributed by atoms with Gasteiger partial charge in [-0.2, -0.15) is 0 Å². The van der Waals surface area contributed by atoms with E-state index < -0.39 is 0 Å². The van der Waals surface area contributed by atoms with Crippen LogP contribution < -0.4 is 0 Å². The molecule has 0 bridgehead atoms. The molecule has 0 heteroatoms. The number of rotatable bonds is 3. The Bertz CT molecular complexity index is 329. The van der Waals surface area contributed by atoms with Gasteiger partial charge in [-0.25, -0.2) is 0 Å². The molecule has 0 saturated heterocycles. The van der Waals surface area contributed by atoms with Crippen LogP contribution in [0.1, 0.15) is 95.9 Å². The predicted molar refractivity (Wildman–Crippen MR) is 103 cm³/mol. The molecule has 0 N–H and O–H groups in total. The van der Waals surface area contributed by atoms with Crippen LogP contribution in [0.25, 0.3) is 0 Å². The van der Waals surface area contributed by atoms with Gasteiger partial charge in [-0.3, -0.25) is 0 Å². The normalized spacial score (nSPS) is 13.8. The van der Waals surface area contributed by atoms with Gasteiger partial charge >= 0.3 is 0 Å². The van der Waals surface area contributed by atoms with Gasteiger partial charge in [0.15, 0.2) is 0 Å². The molecule has 0 aromatic carbocycles. The lowest BCUT2D eigenvalue weighted by Crippen LogP contribution is -2.23. The van der Waals surface area contributed by atoms with E-state index in [1.54, 1.807) is 11.1 Å². The van der Waals surface area contributed by atoms with E-state index in [0.29, 0.717) is 0 Å². The molecule has 0 nitrogen and oxygen atoms in total. The summed E-state index contributed by atoms with van der Waals surface area (Å²) in [7, 11) is 0. The molecular weight excluding hydrogens is 264 g/mol. The highest BCUT2D eigenvalue weighted by Gasteiger charge is 2.28. The fourth-order valence-electron chi connectivity index (χ4n) is 3.93. The van der Waals surface area contributed by atoms with E-state index in [-0.39, 0.29) is 21.7 Å². The molecule has 0 atom stereocenters. The van der Waals surface area contributed by atoms with E-state index in [1.807, 2.05) is 0 Å². The van der Waals surface area contributed by atoms with Gasteiger partial charge in [0.05, 0.1) is 0 Å². The summed E-state index contributed by atoms with van der Waals surface area (Å²) in [5.74, 6) is 0. The van der Waals surface area contributed by atoms with Crippen molar-refractivity contribution in [2.75, 3.05) is 0 Å². The highest BCUT2D eigenvalue weighted by molar-refractivity contribution is 5.20. The third-order valence-electron chi connectivity index (χ3n) is 4.10. The van der Waals surface area contributed by atoms with Gasteiger partial charge < -0.3 is 0 Å². The van der Waals surface area contributed by atoms with Gasteiger partial charge in [0.25, 0.3) is 0 Å². The minimum absolute atomic E-state index is 0.249. The third-order valence-corrected chi connectivity index (χ3v) is 4.10. The average Bonchev–Trinajstić information content (AvgIpc) is 2.14. The molecule has 0 heterocycles. The van der Waals surface area contributed by atoms with Gasteiger partial charge in [0.2, 0.25) is 0 Å². The van der Waals surface area contributed by atoms with Gasteiger partial charge in [0.1, 0.15) is 0 Å². The lowest BCUT2D eigenvalue weighted by molar-refractivity contribution is 0.357. The van der Waals surface area contributed by atoms with Crippen molar-refractivity contribution in [3.8, 4) is 0 Å². The zero-order valence-corrected chi connectivity index (χ0v) is 17.6. The molecule has 0 aromatic heterocycles. The van der Waals surface area contributed by atoms with E-state index in [2.05, 4.69) is 95.2 Å². The Balaban J connectivity index is 5.22. The Morgan fingerprint density at radius 2 is 0.636 bits per heavy atom. The number of allylic oxidation sites excluding steroid dienone is 4. The molecule has 22 heavy (non-hydrogen) atoms. The second-order valence-electron chi connectivity index (χ2n) is 10.8. The van der Waals surface area contributed by atoms with E-state index in [0.717, 1.165) is 12.8 Å². The van der Waals surface area contributed by atoms with Crippen molar-refractivity contribution >= 4 is 0 Å². The second-order valence-corrected chi connectivity index (χ2v) is 10.8. The van der Waals surface area contributed by atoms with Crippen molar-refractivity contribution in [3.63, 3.8) is 0 Å². The van der Waals surface area contributed by atoms with Crippen LogP contribution in [0.5, 0.6) is 0 Å². The SMILES string of the molecule is CC(C)(C)C(=CCCC=C(C(C)(C)C)C(C)(C)C)C(C)(C)C. The molecule has 130 valence electrons. The van der Waals surface area contributed by atoms with Crippen LogP contribution in [0.15, 0.2) is 23.3 Å². The molecule has 0 amide bonds. The minimum atomic E-state index is 0.249. The molecule has 0 aliphatic carbocycles. The highest BCUT2D eigenvalue weighted by Crippen LogP contribution is 2.41. The topological polar surface area (TPSA) is 0 Å². The van der Waals surface area contributed by atoms with E-state index in [9.17, 15) is 0 Å². The number of unbranched alkanes of at least 4 members (excludes halogenated alkanes) is 1. The zero-order valence-electron chi connectivity index (χ0n) is 17.6. The fraction of sp³-hybridized carbons (Fsp3) is 0.818. The quantitative estimate of drug-likeness (QED) is 0.368. The highest BCUT2D eigenvalue weighted by atomic mass is 14.3. The third kappa shape index (κ3) is 7.16. The minimum Gasteiger partial charge on any atom is -0.0840 e. The maximum Gasteiger partial charge on any atom is -0.0168 e. The van der Waals surface area contributed by atoms with Crippen molar-refractivity contribution in [1.82, 2.24) is 0 Å². The van der Waals surface area contributed by atoms with Crippen LogP contribution in [0.3, 0.4) is 0 Å². The smallest absolute Gasteiger partial charge is 0.0168 e. The molecule has 0 aliphatic heterocycles. The first-order chi connectivity index (χ1) is 9.47. The molecule has 0 aromatic rings. The molecule has 0 unspecified atom stereocenters. The van der Waals surface area contributed by atoms with Crippen molar-refractivity contribution in [1.29, 1.82) is 0 Å². The predicted octanol–water partition coefficient (Wildman–Crippen LogP) is 7.80. The molecule has 0 spiro atoms. The van der Waals surface area contributed by atoms with Crippen LogP contribution in [0.2, 0.25) is 0 Å². The Labute approximate surface area is 141 Å². The van der Waals surface area contributed by atoms with Crippen LogP contribution in [-0.4, -0.2) is 0 Å². The van der Waals surface area contributed by atoms with Gasteiger partial charge in [-0.1, -0.05) is 106 Å². The van der Waals surface area contributed by atoms with Crippen LogP contribution in [0, 0.1) is 21.7 Å². The van der Waals surface area contributed by atoms with E-state index in [4.69, 9.17) is 0 Å². The van der Waals surface area contributed by atoms with Gasteiger partial charge in [0, 0.05) is 0 Å². The van der Waals surface area contributed by atoms with E-state index >= 15 is 0 Å². The van der Waals surface area contributed by atoms with Gasteiger partial charge in [-0.05, 0) is 34.5 Å². The Hall–Kier alpha value is -0.520. The van der Waals surface area contributed by atoms with E-state index in [1.165, 1.54) is 0 Å². The molecule has 0 fully saturated rings. The van der Waals surface area contributed by atoms with Gasteiger partial charge in [-0.15, -0.1) is 0 Å². The largest absolute Gasteiger partial charge is 0.0840 e. The molecule has 0 saturated carbocycles. The van der Waals surface area contributed by atoms with Crippen LogP contribution in [-0.2, 0) is 0 Å². The summed E-state index contributed by atoms with van der Waals surface area (Å²) in [4.78, 5) is 0. The average molecular weight is 307 g/mol. The second kappa shape index (κ2) is 6.93. The number of hydrogen-bond donors (Lipinski definition) is 0. The Morgan fingerprint density at radius 3 is 0.773 bits per heavy atom. The lowest BCUT2D eigenvalue weighted by Gasteiger charge is -2.35. The Morgan fingerprint density at radius 1 is 0.455 bits per heavy atom. The molecule has 0 rings (SSSR count). The van der Waals surface area contributed by atoms with Crippen molar-refractivity contribution in [3.05, 3.63) is 23.3 Å². The van der Waals surface area contributed by atoms with Crippen LogP contribution in [0.4, 0.5) is 0 Å².